The van der Waals surface area contributed by atoms with Crippen molar-refractivity contribution in [1.82, 2.24) is 0 Å². The number of hydrogen-bond donors (Lipinski definition) is 0. The van der Waals surface area contributed by atoms with Crippen molar-refractivity contribution in [2.75, 3.05) is 0 Å². The van der Waals surface area contributed by atoms with Gasteiger partial charge in [-0.15, -0.1) is 6.58 Å². The lowest BCUT2D eigenvalue weighted by atomic mass is 10.3. The molecule has 0 saturated heterocycles. The summed E-state index contributed by atoms with van der Waals surface area (Å²) in [4.78, 5) is 0. The van der Waals surface area contributed by atoms with Gasteiger partial charge in [0.25, 0.3) is 0 Å². The summed E-state index contributed by atoms with van der Waals surface area (Å²) in [6.07, 6.45) is 8.36. The van der Waals surface area contributed by atoms with E-state index in [0.717, 1.165) is 0 Å². The molecule has 0 aromatic carbocycles. The fraction of sp³-hybridized carbons (Fsp3) is 0.857. The average Bonchev–Trinajstić information content (AvgIpc) is 2.32. The SMILES string of the molecule is C=CCCCC.CC.CC.CCCC. The van der Waals surface area contributed by atoms with E-state index in [1.54, 1.807) is 0 Å². The Bertz CT molecular complexity index is 44.0. The largest absolute Gasteiger partial charge is 0.103 e. The van der Waals surface area contributed by atoms with E-state index in [1.807, 2.05) is 33.8 Å². The maximum atomic E-state index is 3.60. The third-order valence-corrected chi connectivity index (χ3v) is 1.26. The number of allylic oxidation sites excluding steroid dienone is 1. The van der Waals surface area contributed by atoms with Crippen LogP contribution < -0.4 is 0 Å². The van der Waals surface area contributed by atoms with Gasteiger partial charge in [-0.25, -0.2) is 0 Å². The summed E-state index contributed by atoms with van der Waals surface area (Å²) in [6.45, 7) is 18.1. The highest BCUT2D eigenvalue weighted by Crippen LogP contribution is 1.91. The highest BCUT2D eigenvalue weighted by atomic mass is 13.8. The Hall–Kier alpha value is -0.260. The molecule has 0 aliphatic heterocycles. The van der Waals surface area contributed by atoms with Crippen LogP contribution in [-0.4, -0.2) is 0 Å². The summed E-state index contributed by atoms with van der Waals surface area (Å²) in [5.41, 5.74) is 0. The van der Waals surface area contributed by atoms with Gasteiger partial charge >= 0.3 is 0 Å². The lowest BCUT2D eigenvalue weighted by Gasteiger charge is -1.81. The van der Waals surface area contributed by atoms with E-state index in [4.69, 9.17) is 0 Å². The monoisotopic (exact) mass is 202 g/mol. The van der Waals surface area contributed by atoms with Crippen LogP contribution in [0.5, 0.6) is 0 Å². The fourth-order valence-corrected chi connectivity index (χ4v) is 0.348. The molecule has 0 aromatic rings. The van der Waals surface area contributed by atoms with Crippen LogP contribution in [0.3, 0.4) is 0 Å². The maximum absolute atomic E-state index is 3.60. The highest BCUT2D eigenvalue weighted by Gasteiger charge is 1.71. The van der Waals surface area contributed by atoms with E-state index in [0.29, 0.717) is 0 Å². The van der Waals surface area contributed by atoms with E-state index in [2.05, 4.69) is 27.4 Å². The molecule has 0 rings (SSSR count). The second kappa shape index (κ2) is 53.3. The quantitative estimate of drug-likeness (QED) is 0.375. The Morgan fingerprint density at radius 3 is 1.21 bits per heavy atom. The van der Waals surface area contributed by atoms with Gasteiger partial charge < -0.3 is 0 Å². The molecule has 0 heterocycles. The molecule has 14 heavy (non-hydrogen) atoms. The van der Waals surface area contributed by atoms with Crippen LogP contribution in [0.15, 0.2) is 12.7 Å². The van der Waals surface area contributed by atoms with E-state index >= 15 is 0 Å². The molecular formula is C14H34. The first-order valence-corrected chi connectivity index (χ1v) is 6.44. The summed E-state index contributed by atoms with van der Waals surface area (Å²) >= 11 is 0. The minimum atomic E-state index is 1.18. The van der Waals surface area contributed by atoms with Crippen molar-refractivity contribution in [2.45, 2.75) is 80.6 Å². The standard InChI is InChI=1S/C6H12.C4H10.2C2H6/c1-3-5-6-4-2;1-3-4-2;2*1-2/h3H,1,4-6H2,2H3;3-4H2,1-2H3;2*1-2H3. The zero-order valence-corrected chi connectivity index (χ0v) is 11.8. The lowest BCUT2D eigenvalue weighted by molar-refractivity contribution is 0.816. The third kappa shape index (κ3) is 96.8. The zero-order valence-electron chi connectivity index (χ0n) is 11.8. The Morgan fingerprint density at radius 1 is 0.786 bits per heavy atom. The van der Waals surface area contributed by atoms with E-state index < -0.39 is 0 Å². The summed E-state index contributed by atoms with van der Waals surface area (Å²) < 4.78 is 0. The van der Waals surface area contributed by atoms with Crippen LogP contribution >= 0.6 is 0 Å². The van der Waals surface area contributed by atoms with Gasteiger partial charge in [0.1, 0.15) is 0 Å². The molecule has 90 valence electrons. The Morgan fingerprint density at radius 2 is 1.14 bits per heavy atom. The molecule has 0 saturated carbocycles. The number of hydrogen-bond acceptors (Lipinski definition) is 0. The van der Waals surface area contributed by atoms with Gasteiger partial charge in [0, 0.05) is 0 Å². The van der Waals surface area contributed by atoms with Crippen LogP contribution in [0.1, 0.15) is 80.6 Å². The molecule has 0 nitrogen and oxygen atoms in total. The van der Waals surface area contributed by atoms with Crippen molar-refractivity contribution in [1.29, 1.82) is 0 Å². The van der Waals surface area contributed by atoms with Gasteiger partial charge in [-0.3, -0.25) is 0 Å². The van der Waals surface area contributed by atoms with Crippen LogP contribution in [0.4, 0.5) is 0 Å². The summed E-state index contributed by atoms with van der Waals surface area (Å²) in [5.74, 6) is 0. The molecule has 0 heteroatoms. The first-order valence-electron chi connectivity index (χ1n) is 6.44. The van der Waals surface area contributed by atoms with E-state index in [9.17, 15) is 0 Å². The van der Waals surface area contributed by atoms with Gasteiger partial charge in [0.2, 0.25) is 0 Å². The third-order valence-electron chi connectivity index (χ3n) is 1.26. The van der Waals surface area contributed by atoms with Crippen LogP contribution in [-0.2, 0) is 0 Å². The highest BCUT2D eigenvalue weighted by molar-refractivity contribution is 4.64. The van der Waals surface area contributed by atoms with Gasteiger partial charge in [0.15, 0.2) is 0 Å². The molecular weight excluding hydrogens is 168 g/mol. The summed E-state index contributed by atoms with van der Waals surface area (Å²) in [6, 6.07) is 0. The van der Waals surface area contributed by atoms with Crippen LogP contribution in [0.2, 0.25) is 0 Å². The van der Waals surface area contributed by atoms with Crippen molar-refractivity contribution in [3.63, 3.8) is 0 Å². The van der Waals surface area contributed by atoms with Crippen molar-refractivity contribution >= 4 is 0 Å². The Labute approximate surface area is 93.8 Å². The summed E-state index contributed by atoms with van der Waals surface area (Å²) in [5, 5.41) is 0. The molecule has 0 radical (unpaired) electrons. The smallest absolute Gasteiger partial charge is 0.0354 e. The predicted octanol–water partition coefficient (Wildman–Crippen LogP) is 6.22. The molecule has 0 aromatic heterocycles. The molecule has 0 amide bonds. The van der Waals surface area contributed by atoms with Crippen molar-refractivity contribution in [3.8, 4) is 0 Å². The Balaban J connectivity index is -0.0000000546. The van der Waals surface area contributed by atoms with Crippen molar-refractivity contribution < 1.29 is 0 Å². The van der Waals surface area contributed by atoms with Crippen LogP contribution in [0.25, 0.3) is 0 Å². The topological polar surface area (TPSA) is 0 Å². The second-order valence-electron chi connectivity index (χ2n) is 2.43. The fourth-order valence-electron chi connectivity index (χ4n) is 0.348. The second-order valence-corrected chi connectivity index (χ2v) is 2.43. The molecule has 0 aliphatic rings. The number of rotatable bonds is 4. The van der Waals surface area contributed by atoms with Crippen LogP contribution in [0, 0.1) is 0 Å². The first-order chi connectivity index (χ1) is 6.83. The maximum Gasteiger partial charge on any atom is -0.0354 e. The summed E-state index contributed by atoms with van der Waals surface area (Å²) in [7, 11) is 0. The normalized spacial score (nSPS) is 6.50. The molecule has 0 bridgehead atoms. The van der Waals surface area contributed by atoms with E-state index in [1.165, 1.54) is 32.1 Å². The predicted molar refractivity (Wildman–Crippen MR) is 73.0 cm³/mol. The van der Waals surface area contributed by atoms with E-state index in [-0.39, 0.29) is 0 Å². The Kier molecular flexibility index (Phi) is 89.5. The van der Waals surface area contributed by atoms with Gasteiger partial charge in [-0.1, -0.05) is 80.2 Å². The van der Waals surface area contributed by atoms with Crippen molar-refractivity contribution in [2.24, 2.45) is 0 Å². The van der Waals surface area contributed by atoms with Gasteiger partial charge in [0.05, 0.1) is 0 Å². The minimum Gasteiger partial charge on any atom is -0.103 e. The number of unbranched alkanes of at least 4 members (excludes halogenated alkanes) is 3. The van der Waals surface area contributed by atoms with Gasteiger partial charge in [-0.2, -0.15) is 0 Å². The molecule has 0 aliphatic carbocycles. The average molecular weight is 202 g/mol. The minimum absolute atomic E-state index is 1.18. The molecule has 0 fully saturated rings. The molecule has 0 N–H and O–H groups in total. The molecule has 0 atom stereocenters. The zero-order chi connectivity index (χ0) is 12.2. The lowest BCUT2D eigenvalue weighted by Crippen LogP contribution is -1.61. The molecule has 0 unspecified atom stereocenters. The molecule has 0 spiro atoms. The van der Waals surface area contributed by atoms with Gasteiger partial charge in [-0.05, 0) is 6.42 Å². The first kappa shape index (κ1) is 23.5. The van der Waals surface area contributed by atoms with Crippen molar-refractivity contribution in [3.05, 3.63) is 12.7 Å².